The van der Waals surface area contributed by atoms with Gasteiger partial charge in [0, 0.05) is 44.1 Å². The summed E-state index contributed by atoms with van der Waals surface area (Å²) in [6.45, 7) is 8.06. The fourth-order valence-corrected chi connectivity index (χ4v) is 3.29. The predicted octanol–water partition coefficient (Wildman–Crippen LogP) is 2.48. The molecule has 130 valence electrons. The molecule has 1 aromatic carbocycles. The first-order valence-corrected chi connectivity index (χ1v) is 8.48. The number of rotatable bonds is 5. The zero-order valence-electron chi connectivity index (χ0n) is 15.0. The zero-order valence-corrected chi connectivity index (χ0v) is 15.0. The maximum absolute atomic E-state index is 5.56. The van der Waals surface area contributed by atoms with Crippen molar-refractivity contribution in [3.05, 3.63) is 35.4 Å². The Morgan fingerprint density at radius 3 is 2.62 bits per heavy atom. The minimum atomic E-state index is 0.399. The molecule has 0 saturated heterocycles. The first-order chi connectivity index (χ1) is 11.6. The van der Waals surface area contributed by atoms with Gasteiger partial charge in [0.2, 0.25) is 0 Å². The number of fused-ring (bicyclic) bond motifs is 1. The highest BCUT2D eigenvalue weighted by Crippen LogP contribution is 2.31. The molecule has 1 aromatic heterocycles. The molecule has 6 nitrogen and oxygen atoms in total. The highest BCUT2D eigenvalue weighted by molar-refractivity contribution is 5.46. The van der Waals surface area contributed by atoms with Gasteiger partial charge in [0.15, 0.2) is 11.5 Å². The number of nitrogens with zero attached hydrogens (tertiary/aromatic N) is 4. The first-order valence-electron chi connectivity index (χ1n) is 8.48. The van der Waals surface area contributed by atoms with E-state index in [-0.39, 0.29) is 0 Å². The van der Waals surface area contributed by atoms with Gasteiger partial charge >= 0.3 is 0 Å². The van der Waals surface area contributed by atoms with Gasteiger partial charge in [0.25, 0.3) is 0 Å². The lowest BCUT2D eigenvalue weighted by Gasteiger charge is -2.22. The van der Waals surface area contributed by atoms with Crippen molar-refractivity contribution in [2.45, 2.75) is 39.3 Å². The number of benzene rings is 1. The van der Waals surface area contributed by atoms with Crippen molar-refractivity contribution in [1.29, 1.82) is 0 Å². The second kappa shape index (κ2) is 7.21. The maximum atomic E-state index is 5.56. The van der Waals surface area contributed by atoms with E-state index in [2.05, 4.69) is 39.6 Å². The molecule has 1 aliphatic heterocycles. The fraction of sp³-hybridized carbons (Fsp3) is 0.556. The number of methoxy groups -OCH3 is 2. The van der Waals surface area contributed by atoms with Crippen LogP contribution in [0.4, 0.5) is 0 Å². The van der Waals surface area contributed by atoms with Crippen LogP contribution in [0, 0.1) is 0 Å². The Morgan fingerprint density at radius 1 is 1.08 bits per heavy atom. The largest absolute Gasteiger partial charge is 0.493 e. The summed E-state index contributed by atoms with van der Waals surface area (Å²) in [5, 5.41) is 8.74. The maximum Gasteiger partial charge on any atom is 0.165 e. The SMILES string of the molecule is COc1cccc(CN2CCc3nnc(C(C)C)n3CC2)c1OC. The fourth-order valence-electron chi connectivity index (χ4n) is 3.29. The average Bonchev–Trinajstić information content (AvgIpc) is 2.90. The summed E-state index contributed by atoms with van der Waals surface area (Å²) in [4.78, 5) is 2.44. The Hall–Kier alpha value is -2.08. The van der Waals surface area contributed by atoms with Gasteiger partial charge in [-0.15, -0.1) is 10.2 Å². The van der Waals surface area contributed by atoms with Crippen LogP contribution in [0.25, 0.3) is 0 Å². The molecule has 6 heteroatoms. The van der Waals surface area contributed by atoms with Gasteiger partial charge in [0.1, 0.15) is 11.6 Å². The molecule has 0 unspecified atom stereocenters. The van der Waals surface area contributed by atoms with E-state index in [9.17, 15) is 0 Å². The third kappa shape index (κ3) is 3.24. The summed E-state index contributed by atoms with van der Waals surface area (Å²) in [5.41, 5.74) is 1.15. The van der Waals surface area contributed by atoms with Gasteiger partial charge in [-0.25, -0.2) is 0 Å². The Balaban J connectivity index is 1.75. The summed E-state index contributed by atoms with van der Waals surface area (Å²) in [7, 11) is 3.37. The molecule has 24 heavy (non-hydrogen) atoms. The van der Waals surface area contributed by atoms with Gasteiger partial charge in [-0.1, -0.05) is 26.0 Å². The van der Waals surface area contributed by atoms with Crippen LogP contribution >= 0.6 is 0 Å². The van der Waals surface area contributed by atoms with Gasteiger partial charge < -0.3 is 14.0 Å². The molecule has 0 atom stereocenters. The second-order valence-corrected chi connectivity index (χ2v) is 6.46. The number of hydrogen-bond donors (Lipinski definition) is 0. The number of hydrogen-bond acceptors (Lipinski definition) is 5. The molecule has 1 aliphatic rings. The summed E-state index contributed by atoms with van der Waals surface area (Å²) in [6, 6.07) is 6.05. The minimum absolute atomic E-state index is 0.399. The molecule has 0 spiro atoms. The predicted molar refractivity (Wildman–Crippen MR) is 92.6 cm³/mol. The van der Waals surface area contributed by atoms with Crippen molar-refractivity contribution in [3.8, 4) is 11.5 Å². The van der Waals surface area contributed by atoms with E-state index < -0.39 is 0 Å². The number of para-hydroxylation sites is 1. The quantitative estimate of drug-likeness (QED) is 0.843. The zero-order chi connectivity index (χ0) is 17.1. The highest BCUT2D eigenvalue weighted by atomic mass is 16.5. The van der Waals surface area contributed by atoms with Crippen molar-refractivity contribution in [2.75, 3.05) is 27.3 Å². The molecule has 0 fully saturated rings. The van der Waals surface area contributed by atoms with E-state index in [0.29, 0.717) is 5.92 Å². The smallest absolute Gasteiger partial charge is 0.165 e. The molecule has 0 bridgehead atoms. The lowest BCUT2D eigenvalue weighted by molar-refractivity contribution is 0.263. The lowest BCUT2D eigenvalue weighted by atomic mass is 10.1. The number of ether oxygens (including phenoxy) is 2. The minimum Gasteiger partial charge on any atom is -0.493 e. The van der Waals surface area contributed by atoms with Crippen LogP contribution < -0.4 is 9.47 Å². The Labute approximate surface area is 143 Å². The summed E-state index contributed by atoms with van der Waals surface area (Å²) in [6.07, 6.45) is 0.923. The normalized spacial score (nSPS) is 15.2. The van der Waals surface area contributed by atoms with E-state index in [1.54, 1.807) is 14.2 Å². The summed E-state index contributed by atoms with van der Waals surface area (Å²) < 4.78 is 13.2. The van der Waals surface area contributed by atoms with Gasteiger partial charge in [-0.2, -0.15) is 0 Å². The van der Waals surface area contributed by atoms with Crippen LogP contribution in [0.3, 0.4) is 0 Å². The van der Waals surface area contributed by atoms with Crippen molar-refractivity contribution < 1.29 is 9.47 Å². The highest BCUT2D eigenvalue weighted by Gasteiger charge is 2.21. The van der Waals surface area contributed by atoms with Crippen molar-refractivity contribution in [2.24, 2.45) is 0 Å². The molecule has 0 radical (unpaired) electrons. The molecule has 3 rings (SSSR count). The van der Waals surface area contributed by atoms with E-state index in [1.165, 1.54) is 0 Å². The molecular formula is C18H26N4O2. The molecule has 2 aromatic rings. The third-order valence-corrected chi connectivity index (χ3v) is 4.54. The average molecular weight is 330 g/mol. The first kappa shape index (κ1) is 16.8. The topological polar surface area (TPSA) is 52.4 Å². The molecular weight excluding hydrogens is 304 g/mol. The Kier molecular flexibility index (Phi) is 5.04. The lowest BCUT2D eigenvalue weighted by Crippen LogP contribution is -2.27. The van der Waals surface area contributed by atoms with Gasteiger partial charge in [-0.3, -0.25) is 4.90 Å². The van der Waals surface area contributed by atoms with E-state index in [0.717, 1.165) is 61.3 Å². The van der Waals surface area contributed by atoms with Crippen LogP contribution in [0.5, 0.6) is 11.5 Å². The summed E-state index contributed by atoms with van der Waals surface area (Å²) >= 11 is 0. The monoisotopic (exact) mass is 330 g/mol. The Morgan fingerprint density at radius 2 is 1.92 bits per heavy atom. The third-order valence-electron chi connectivity index (χ3n) is 4.54. The van der Waals surface area contributed by atoms with E-state index in [1.807, 2.05) is 12.1 Å². The molecule has 2 heterocycles. The second-order valence-electron chi connectivity index (χ2n) is 6.46. The van der Waals surface area contributed by atoms with Crippen LogP contribution in [-0.2, 0) is 19.5 Å². The van der Waals surface area contributed by atoms with Crippen LogP contribution in [-0.4, -0.2) is 47.0 Å². The molecule has 0 saturated carbocycles. The standard InChI is InChI=1S/C18H26N4O2/c1-13(2)18-20-19-16-8-9-21(10-11-22(16)18)12-14-6-5-7-15(23-3)17(14)24-4/h5-7,13H,8-12H2,1-4H3. The molecule has 0 aliphatic carbocycles. The van der Waals surface area contributed by atoms with Gasteiger partial charge in [0.05, 0.1) is 14.2 Å². The van der Waals surface area contributed by atoms with Crippen molar-refractivity contribution >= 4 is 0 Å². The van der Waals surface area contributed by atoms with Crippen molar-refractivity contribution in [1.82, 2.24) is 19.7 Å². The Bertz CT molecular complexity index is 696. The van der Waals surface area contributed by atoms with Crippen LogP contribution in [0.15, 0.2) is 18.2 Å². The van der Waals surface area contributed by atoms with Crippen LogP contribution in [0.2, 0.25) is 0 Å². The van der Waals surface area contributed by atoms with Crippen molar-refractivity contribution in [3.63, 3.8) is 0 Å². The van der Waals surface area contributed by atoms with E-state index in [4.69, 9.17) is 9.47 Å². The van der Waals surface area contributed by atoms with E-state index >= 15 is 0 Å². The number of aromatic nitrogens is 3. The molecule has 0 N–H and O–H groups in total. The summed E-state index contributed by atoms with van der Waals surface area (Å²) in [5.74, 6) is 4.19. The van der Waals surface area contributed by atoms with Crippen LogP contribution in [0.1, 0.15) is 37.0 Å². The van der Waals surface area contributed by atoms with Gasteiger partial charge in [-0.05, 0) is 6.07 Å². The molecule has 0 amide bonds.